The summed E-state index contributed by atoms with van der Waals surface area (Å²) in [6, 6.07) is 2.12. The molecule has 0 amide bonds. The Morgan fingerprint density at radius 2 is 2.21 bits per heavy atom. The Hall–Kier alpha value is -0.960. The lowest BCUT2D eigenvalue weighted by Gasteiger charge is -2.10. The first kappa shape index (κ1) is 9.59. The van der Waals surface area contributed by atoms with Crippen molar-refractivity contribution in [3.8, 4) is 0 Å². The monoisotopic (exact) mass is 208 g/mol. The number of aryl methyl sites for hydroxylation is 2. The Kier molecular flexibility index (Phi) is 2.27. The molecule has 14 heavy (non-hydrogen) atoms. The molecule has 0 unspecified atom stereocenters. The Bertz CT molecular complexity index is 410. The summed E-state index contributed by atoms with van der Waals surface area (Å²) in [5.74, 6) is 0.218. The van der Waals surface area contributed by atoms with Gasteiger partial charge in [-0.2, -0.15) is 0 Å². The van der Waals surface area contributed by atoms with Crippen LogP contribution < -0.4 is 0 Å². The first-order valence-corrected chi connectivity index (χ1v) is 5.59. The second-order valence-electron chi connectivity index (χ2n) is 3.59. The molecule has 1 aromatic rings. The number of thioether (sulfide) groups is 1. The Labute approximate surface area is 87.3 Å². The van der Waals surface area contributed by atoms with Gasteiger partial charge in [-0.25, -0.2) is 4.79 Å². The third kappa shape index (κ3) is 1.32. The van der Waals surface area contributed by atoms with Crippen molar-refractivity contribution in [3.05, 3.63) is 28.3 Å². The molecule has 0 aromatic heterocycles. The van der Waals surface area contributed by atoms with Gasteiger partial charge in [-0.15, -0.1) is 11.8 Å². The van der Waals surface area contributed by atoms with Gasteiger partial charge in [0.2, 0.25) is 0 Å². The van der Waals surface area contributed by atoms with Crippen LogP contribution >= 0.6 is 11.8 Å². The van der Waals surface area contributed by atoms with Gasteiger partial charge in [0, 0.05) is 10.6 Å². The average molecular weight is 208 g/mol. The molecule has 1 heterocycles. The topological polar surface area (TPSA) is 37.3 Å². The van der Waals surface area contributed by atoms with Gasteiger partial charge in [0.25, 0.3) is 0 Å². The number of hydrogen-bond donors (Lipinski definition) is 1. The van der Waals surface area contributed by atoms with E-state index >= 15 is 0 Å². The molecule has 3 heteroatoms. The number of hydrogen-bond acceptors (Lipinski definition) is 2. The van der Waals surface area contributed by atoms with Gasteiger partial charge in [-0.3, -0.25) is 0 Å². The Morgan fingerprint density at radius 3 is 2.86 bits per heavy atom. The van der Waals surface area contributed by atoms with Crippen LogP contribution in [0.15, 0.2) is 11.0 Å². The molecule has 1 N–H and O–H groups in total. The van der Waals surface area contributed by atoms with Crippen molar-refractivity contribution in [2.45, 2.75) is 25.2 Å². The van der Waals surface area contributed by atoms with E-state index in [9.17, 15) is 4.79 Å². The summed E-state index contributed by atoms with van der Waals surface area (Å²) in [6.07, 6.45) is 1.00. The molecule has 0 atom stereocenters. The van der Waals surface area contributed by atoms with Gasteiger partial charge < -0.3 is 5.11 Å². The molecule has 2 rings (SSSR count). The molecule has 0 saturated carbocycles. The number of benzene rings is 1. The minimum Gasteiger partial charge on any atom is -0.478 e. The van der Waals surface area contributed by atoms with Crippen molar-refractivity contribution in [1.82, 2.24) is 0 Å². The van der Waals surface area contributed by atoms with Gasteiger partial charge in [-0.05, 0) is 37.0 Å². The SMILES string of the molecule is Cc1cc2c(c(C(=O)O)c1C)SCC2. The summed E-state index contributed by atoms with van der Waals surface area (Å²) in [5.41, 5.74) is 3.72. The van der Waals surface area contributed by atoms with Crippen molar-refractivity contribution in [1.29, 1.82) is 0 Å². The molecule has 1 aliphatic heterocycles. The van der Waals surface area contributed by atoms with E-state index in [1.807, 2.05) is 13.8 Å². The van der Waals surface area contributed by atoms with Crippen LogP contribution in [0.5, 0.6) is 0 Å². The Balaban J connectivity index is 2.72. The van der Waals surface area contributed by atoms with E-state index in [0.717, 1.165) is 28.2 Å². The predicted molar refractivity (Wildman–Crippen MR) is 57.3 cm³/mol. The maximum atomic E-state index is 11.1. The number of rotatable bonds is 1. The zero-order chi connectivity index (χ0) is 10.3. The summed E-state index contributed by atoms with van der Waals surface area (Å²) < 4.78 is 0. The summed E-state index contributed by atoms with van der Waals surface area (Å²) >= 11 is 1.66. The third-order valence-electron chi connectivity index (χ3n) is 2.71. The van der Waals surface area contributed by atoms with Gasteiger partial charge in [0.1, 0.15) is 0 Å². The van der Waals surface area contributed by atoms with Gasteiger partial charge in [-0.1, -0.05) is 6.07 Å². The highest BCUT2D eigenvalue weighted by atomic mass is 32.2. The van der Waals surface area contributed by atoms with Crippen LogP contribution in [0.25, 0.3) is 0 Å². The van der Waals surface area contributed by atoms with E-state index in [1.54, 1.807) is 11.8 Å². The van der Waals surface area contributed by atoms with E-state index in [2.05, 4.69) is 6.07 Å². The fourth-order valence-corrected chi connectivity index (χ4v) is 3.09. The molecule has 1 aliphatic rings. The molecule has 0 aliphatic carbocycles. The fourth-order valence-electron chi connectivity index (χ4n) is 1.83. The summed E-state index contributed by atoms with van der Waals surface area (Å²) in [4.78, 5) is 12.1. The number of carboxylic acid groups (broad SMARTS) is 1. The second kappa shape index (κ2) is 3.31. The van der Waals surface area contributed by atoms with Crippen LogP contribution in [-0.2, 0) is 6.42 Å². The standard InChI is InChI=1S/C11H12O2S/c1-6-5-8-3-4-14-10(8)9(7(6)2)11(12)13/h5H,3-4H2,1-2H3,(H,12,13). The van der Waals surface area contributed by atoms with Crippen molar-refractivity contribution in [2.24, 2.45) is 0 Å². The largest absolute Gasteiger partial charge is 0.478 e. The van der Waals surface area contributed by atoms with E-state index in [-0.39, 0.29) is 0 Å². The van der Waals surface area contributed by atoms with Crippen LogP contribution in [0.3, 0.4) is 0 Å². The molecule has 2 nitrogen and oxygen atoms in total. The maximum Gasteiger partial charge on any atom is 0.337 e. The smallest absolute Gasteiger partial charge is 0.337 e. The zero-order valence-electron chi connectivity index (χ0n) is 8.26. The maximum absolute atomic E-state index is 11.1. The van der Waals surface area contributed by atoms with Crippen molar-refractivity contribution in [2.75, 3.05) is 5.75 Å². The molecular weight excluding hydrogens is 196 g/mol. The van der Waals surface area contributed by atoms with E-state index in [4.69, 9.17) is 5.11 Å². The second-order valence-corrected chi connectivity index (χ2v) is 4.69. The van der Waals surface area contributed by atoms with Crippen LogP contribution in [-0.4, -0.2) is 16.8 Å². The summed E-state index contributed by atoms with van der Waals surface area (Å²) in [7, 11) is 0. The quantitative estimate of drug-likeness (QED) is 0.771. The third-order valence-corrected chi connectivity index (χ3v) is 3.87. The number of carbonyl (C=O) groups is 1. The van der Waals surface area contributed by atoms with Crippen LogP contribution in [0.4, 0.5) is 0 Å². The van der Waals surface area contributed by atoms with Gasteiger partial charge in [0.15, 0.2) is 0 Å². The highest BCUT2D eigenvalue weighted by Gasteiger charge is 2.22. The highest BCUT2D eigenvalue weighted by Crippen LogP contribution is 2.37. The number of carboxylic acids is 1. The average Bonchev–Trinajstić information content (AvgIpc) is 2.52. The molecule has 0 saturated heterocycles. The molecule has 0 radical (unpaired) electrons. The summed E-state index contributed by atoms with van der Waals surface area (Å²) in [5, 5.41) is 9.14. The lowest BCUT2D eigenvalue weighted by atomic mass is 9.98. The minimum absolute atomic E-state index is 0.516. The molecule has 0 fully saturated rings. The normalized spacial score (nSPS) is 14.1. The molecule has 74 valence electrons. The van der Waals surface area contributed by atoms with Crippen LogP contribution in [0, 0.1) is 13.8 Å². The number of fused-ring (bicyclic) bond motifs is 1. The zero-order valence-corrected chi connectivity index (χ0v) is 9.07. The lowest BCUT2D eigenvalue weighted by Crippen LogP contribution is -2.04. The first-order valence-electron chi connectivity index (χ1n) is 4.60. The minimum atomic E-state index is -0.795. The van der Waals surface area contributed by atoms with E-state index in [1.165, 1.54) is 5.56 Å². The number of aromatic carboxylic acids is 1. The lowest BCUT2D eigenvalue weighted by molar-refractivity contribution is 0.0692. The van der Waals surface area contributed by atoms with E-state index < -0.39 is 5.97 Å². The van der Waals surface area contributed by atoms with Gasteiger partial charge >= 0.3 is 5.97 Å². The fraction of sp³-hybridized carbons (Fsp3) is 0.364. The van der Waals surface area contributed by atoms with Crippen molar-refractivity contribution < 1.29 is 9.90 Å². The van der Waals surface area contributed by atoms with Crippen molar-refractivity contribution in [3.63, 3.8) is 0 Å². The van der Waals surface area contributed by atoms with Crippen molar-refractivity contribution >= 4 is 17.7 Å². The molecule has 0 bridgehead atoms. The molecule has 1 aromatic carbocycles. The van der Waals surface area contributed by atoms with Crippen LogP contribution in [0.1, 0.15) is 27.0 Å². The summed E-state index contributed by atoms with van der Waals surface area (Å²) in [6.45, 7) is 3.86. The van der Waals surface area contributed by atoms with E-state index in [0.29, 0.717) is 5.56 Å². The first-order chi connectivity index (χ1) is 6.61. The highest BCUT2D eigenvalue weighted by molar-refractivity contribution is 7.99. The molecular formula is C11H12O2S. The Morgan fingerprint density at radius 1 is 1.50 bits per heavy atom. The van der Waals surface area contributed by atoms with Gasteiger partial charge in [0.05, 0.1) is 5.56 Å². The van der Waals surface area contributed by atoms with Crippen LogP contribution in [0.2, 0.25) is 0 Å². The predicted octanol–water partition coefficient (Wildman–Crippen LogP) is 2.65. The molecule has 0 spiro atoms.